The number of hydrogen-bond acceptors (Lipinski definition) is 3. The lowest BCUT2D eigenvalue weighted by Crippen LogP contribution is -2.29. The number of nitrogens with one attached hydrogen (secondary N) is 1. The molecule has 3 nitrogen and oxygen atoms in total. The van der Waals surface area contributed by atoms with E-state index in [9.17, 15) is 4.39 Å². The van der Waals surface area contributed by atoms with Crippen molar-refractivity contribution in [1.29, 1.82) is 0 Å². The fourth-order valence-corrected chi connectivity index (χ4v) is 2.42. The average Bonchev–Trinajstić information content (AvgIpc) is 2.38. The van der Waals surface area contributed by atoms with Crippen LogP contribution >= 0.6 is 0 Å². The molecule has 0 aliphatic rings. The van der Waals surface area contributed by atoms with Gasteiger partial charge in [0.15, 0.2) is 11.6 Å². The normalized spacial score (nSPS) is 12.2. The minimum Gasteiger partial charge on any atom is -0.494 e. The molecule has 3 N–H and O–H groups in total. The summed E-state index contributed by atoms with van der Waals surface area (Å²) in [4.78, 5) is 0. The zero-order chi connectivity index (χ0) is 14.7. The maximum atomic E-state index is 13.8. The number of methoxy groups -OCH3 is 1. The van der Waals surface area contributed by atoms with Gasteiger partial charge >= 0.3 is 0 Å². The summed E-state index contributed by atoms with van der Waals surface area (Å²) in [6.45, 7) is 4.05. The first-order valence-electron chi connectivity index (χ1n) is 6.43. The summed E-state index contributed by atoms with van der Waals surface area (Å²) >= 11 is 0. The molecule has 2 aromatic rings. The second-order valence-electron chi connectivity index (χ2n) is 4.91. The Morgan fingerprint density at radius 1 is 1.05 bits per heavy atom. The van der Waals surface area contributed by atoms with Gasteiger partial charge in [-0.05, 0) is 37.1 Å². The third kappa shape index (κ3) is 2.98. The fourth-order valence-electron chi connectivity index (χ4n) is 2.42. The van der Waals surface area contributed by atoms with Crippen LogP contribution < -0.4 is 16.0 Å². The Labute approximate surface area is 118 Å². The van der Waals surface area contributed by atoms with Crippen molar-refractivity contribution in [2.24, 2.45) is 5.84 Å². The molecule has 0 radical (unpaired) electrons. The van der Waals surface area contributed by atoms with Crippen LogP contribution in [0.15, 0.2) is 36.4 Å². The van der Waals surface area contributed by atoms with E-state index in [1.165, 1.54) is 13.2 Å². The zero-order valence-electron chi connectivity index (χ0n) is 11.9. The lowest BCUT2D eigenvalue weighted by Gasteiger charge is -2.19. The molecular formula is C16H19FN2O. The third-order valence-electron chi connectivity index (χ3n) is 3.25. The molecule has 0 heterocycles. The summed E-state index contributed by atoms with van der Waals surface area (Å²) in [6.07, 6.45) is 0. The smallest absolute Gasteiger partial charge is 0.165 e. The van der Waals surface area contributed by atoms with Crippen LogP contribution in [0.5, 0.6) is 5.75 Å². The van der Waals surface area contributed by atoms with Crippen molar-refractivity contribution >= 4 is 0 Å². The highest BCUT2D eigenvalue weighted by molar-refractivity contribution is 5.39. The monoisotopic (exact) mass is 274 g/mol. The van der Waals surface area contributed by atoms with Crippen molar-refractivity contribution in [2.75, 3.05) is 7.11 Å². The van der Waals surface area contributed by atoms with Crippen LogP contribution in [0.4, 0.5) is 4.39 Å². The Bertz CT molecular complexity index is 593. The maximum Gasteiger partial charge on any atom is 0.165 e. The molecule has 0 saturated carbocycles. The SMILES string of the molecule is COc1ccc(C(NN)c2cc(C)cc(C)c2)cc1F. The molecule has 0 bridgehead atoms. The number of nitrogens with two attached hydrogens (primary N) is 1. The Morgan fingerprint density at radius 2 is 1.70 bits per heavy atom. The van der Waals surface area contributed by atoms with Gasteiger partial charge in [-0.15, -0.1) is 0 Å². The predicted octanol–water partition coefficient (Wildman–Crippen LogP) is 3.00. The predicted molar refractivity (Wildman–Crippen MR) is 78.0 cm³/mol. The number of halogens is 1. The van der Waals surface area contributed by atoms with E-state index in [4.69, 9.17) is 10.6 Å². The van der Waals surface area contributed by atoms with E-state index in [1.807, 2.05) is 32.0 Å². The molecule has 0 fully saturated rings. The molecule has 0 aliphatic heterocycles. The van der Waals surface area contributed by atoms with Gasteiger partial charge in [0.2, 0.25) is 0 Å². The molecule has 0 saturated heterocycles. The van der Waals surface area contributed by atoms with Crippen LogP contribution in [0.25, 0.3) is 0 Å². The van der Waals surface area contributed by atoms with Gasteiger partial charge in [-0.3, -0.25) is 5.84 Å². The highest BCUT2D eigenvalue weighted by Crippen LogP contribution is 2.27. The van der Waals surface area contributed by atoms with Gasteiger partial charge in [0.1, 0.15) is 0 Å². The Morgan fingerprint density at radius 3 is 2.20 bits per heavy atom. The van der Waals surface area contributed by atoms with E-state index in [1.54, 1.807) is 6.07 Å². The molecule has 0 aromatic heterocycles. The summed E-state index contributed by atoms with van der Waals surface area (Å²) in [5, 5.41) is 0. The molecule has 1 atom stereocenters. The van der Waals surface area contributed by atoms with E-state index in [0.717, 1.165) is 22.3 Å². The summed E-state index contributed by atoms with van der Waals surface area (Å²) in [5.41, 5.74) is 6.81. The van der Waals surface area contributed by atoms with Crippen LogP contribution in [-0.4, -0.2) is 7.11 Å². The second kappa shape index (κ2) is 6.03. The number of hydrazine groups is 1. The number of rotatable bonds is 4. The van der Waals surface area contributed by atoms with Crippen molar-refractivity contribution in [2.45, 2.75) is 19.9 Å². The Hall–Kier alpha value is -1.91. The number of benzene rings is 2. The van der Waals surface area contributed by atoms with Crippen molar-refractivity contribution in [1.82, 2.24) is 5.43 Å². The van der Waals surface area contributed by atoms with Crippen molar-refractivity contribution in [3.8, 4) is 5.75 Å². The van der Waals surface area contributed by atoms with Crippen molar-refractivity contribution in [3.05, 3.63) is 64.5 Å². The summed E-state index contributed by atoms with van der Waals surface area (Å²) in [5.74, 6) is 5.49. The van der Waals surface area contributed by atoms with Crippen LogP contribution in [-0.2, 0) is 0 Å². The first-order chi connectivity index (χ1) is 9.55. The Kier molecular flexibility index (Phi) is 4.37. The molecule has 0 aliphatic carbocycles. The molecular weight excluding hydrogens is 255 g/mol. The Balaban J connectivity index is 2.44. The highest BCUT2D eigenvalue weighted by Gasteiger charge is 2.15. The third-order valence-corrected chi connectivity index (χ3v) is 3.25. The second-order valence-corrected chi connectivity index (χ2v) is 4.91. The van der Waals surface area contributed by atoms with Gasteiger partial charge < -0.3 is 4.74 Å². The van der Waals surface area contributed by atoms with Gasteiger partial charge in [0, 0.05) is 0 Å². The molecule has 4 heteroatoms. The number of aryl methyl sites for hydroxylation is 2. The molecule has 2 rings (SSSR count). The first kappa shape index (κ1) is 14.5. The fraction of sp³-hybridized carbons (Fsp3) is 0.250. The summed E-state index contributed by atoms with van der Waals surface area (Å²) in [6, 6.07) is 10.8. The minimum absolute atomic E-state index is 0.227. The quantitative estimate of drug-likeness (QED) is 0.665. The lowest BCUT2D eigenvalue weighted by molar-refractivity contribution is 0.385. The van der Waals surface area contributed by atoms with Crippen LogP contribution in [0.2, 0.25) is 0 Å². The minimum atomic E-state index is -0.394. The van der Waals surface area contributed by atoms with Gasteiger partial charge in [0.05, 0.1) is 13.2 Å². The first-order valence-corrected chi connectivity index (χ1v) is 6.43. The van der Waals surface area contributed by atoms with Gasteiger partial charge in [0.25, 0.3) is 0 Å². The van der Waals surface area contributed by atoms with Gasteiger partial charge in [-0.1, -0.05) is 35.4 Å². The van der Waals surface area contributed by atoms with Gasteiger partial charge in [-0.25, -0.2) is 9.82 Å². The maximum absolute atomic E-state index is 13.8. The highest BCUT2D eigenvalue weighted by atomic mass is 19.1. The average molecular weight is 274 g/mol. The lowest BCUT2D eigenvalue weighted by atomic mass is 9.96. The molecule has 2 aromatic carbocycles. The van der Waals surface area contributed by atoms with E-state index in [0.29, 0.717) is 0 Å². The van der Waals surface area contributed by atoms with Crippen molar-refractivity contribution in [3.63, 3.8) is 0 Å². The molecule has 20 heavy (non-hydrogen) atoms. The number of ether oxygens (including phenoxy) is 1. The van der Waals surface area contributed by atoms with Crippen LogP contribution in [0.1, 0.15) is 28.3 Å². The van der Waals surface area contributed by atoms with E-state index >= 15 is 0 Å². The largest absolute Gasteiger partial charge is 0.494 e. The van der Waals surface area contributed by atoms with E-state index in [2.05, 4.69) is 11.5 Å². The van der Waals surface area contributed by atoms with E-state index < -0.39 is 5.82 Å². The van der Waals surface area contributed by atoms with Gasteiger partial charge in [-0.2, -0.15) is 0 Å². The number of hydrogen-bond donors (Lipinski definition) is 2. The van der Waals surface area contributed by atoms with Crippen molar-refractivity contribution < 1.29 is 9.13 Å². The summed E-state index contributed by atoms with van der Waals surface area (Å²) in [7, 11) is 1.45. The molecule has 1 unspecified atom stereocenters. The molecule has 106 valence electrons. The zero-order valence-corrected chi connectivity index (χ0v) is 11.9. The standard InChI is InChI=1S/C16H19FN2O/c1-10-6-11(2)8-13(7-10)16(19-18)12-4-5-15(20-3)14(17)9-12/h4-9,16,19H,18H2,1-3H3. The molecule has 0 amide bonds. The van der Waals surface area contributed by atoms with Crippen LogP contribution in [0.3, 0.4) is 0 Å². The topological polar surface area (TPSA) is 47.3 Å². The summed E-state index contributed by atoms with van der Waals surface area (Å²) < 4.78 is 18.8. The van der Waals surface area contributed by atoms with Crippen LogP contribution in [0, 0.1) is 19.7 Å². The van der Waals surface area contributed by atoms with E-state index in [-0.39, 0.29) is 11.8 Å². The molecule has 0 spiro atoms.